The van der Waals surface area contributed by atoms with Crippen molar-refractivity contribution in [1.29, 1.82) is 0 Å². The van der Waals surface area contributed by atoms with Crippen LogP contribution in [0.4, 0.5) is 0 Å². The topological polar surface area (TPSA) is 39.7 Å². The second kappa shape index (κ2) is 8.97. The lowest BCUT2D eigenvalue weighted by Crippen LogP contribution is -2.48. The predicted octanol–water partition coefficient (Wildman–Crippen LogP) is 2.64. The van der Waals surface area contributed by atoms with E-state index in [2.05, 4.69) is 21.8 Å². The van der Waals surface area contributed by atoms with E-state index in [-0.39, 0.29) is 0 Å². The summed E-state index contributed by atoms with van der Waals surface area (Å²) in [5, 5.41) is 0.530. The van der Waals surface area contributed by atoms with E-state index < -0.39 is 0 Å². The van der Waals surface area contributed by atoms with Crippen molar-refractivity contribution in [3.8, 4) is 0 Å². The molecule has 0 N–H and O–H groups in total. The van der Waals surface area contributed by atoms with Gasteiger partial charge in [0.2, 0.25) is 5.91 Å². The van der Waals surface area contributed by atoms with E-state index in [1.165, 1.54) is 31.4 Å². The number of piperazine rings is 1. The molecule has 138 valence electrons. The highest BCUT2D eigenvalue weighted by Gasteiger charge is 2.24. The van der Waals surface area contributed by atoms with Crippen LogP contribution in [0.5, 0.6) is 0 Å². The van der Waals surface area contributed by atoms with Crippen LogP contribution in [0.1, 0.15) is 37.7 Å². The number of hydrogen-bond acceptors (Lipinski definition) is 4. The maximum Gasteiger partial charge on any atom is 0.222 e. The highest BCUT2D eigenvalue weighted by Crippen LogP contribution is 2.20. The molecule has 1 aromatic rings. The highest BCUT2D eigenvalue weighted by atomic mass is 35.5. The quantitative estimate of drug-likeness (QED) is 0.753. The summed E-state index contributed by atoms with van der Waals surface area (Å²) in [7, 11) is 2.19. The first-order chi connectivity index (χ1) is 12.1. The Morgan fingerprint density at radius 3 is 2.68 bits per heavy atom. The largest absolute Gasteiger partial charge is 0.340 e. The second-order valence-electron chi connectivity index (χ2n) is 7.31. The molecule has 0 aromatic carbocycles. The lowest BCUT2D eigenvalue weighted by molar-refractivity contribution is -0.133. The minimum absolute atomic E-state index is 0.326. The Kier molecular flexibility index (Phi) is 6.68. The first kappa shape index (κ1) is 18.6. The minimum atomic E-state index is 0.326. The molecule has 0 radical (unpaired) electrons. The fourth-order valence-corrected chi connectivity index (χ4v) is 3.98. The fraction of sp³-hybridized carbons (Fsp3) is 0.684. The number of aromatic nitrogens is 1. The third-order valence-electron chi connectivity index (χ3n) is 5.53. The zero-order valence-corrected chi connectivity index (χ0v) is 15.9. The van der Waals surface area contributed by atoms with Crippen molar-refractivity contribution in [2.45, 2.75) is 44.7 Å². The number of hydrogen-bond donors (Lipinski definition) is 0. The van der Waals surface area contributed by atoms with E-state index in [0.29, 0.717) is 23.5 Å². The van der Waals surface area contributed by atoms with Gasteiger partial charge in [-0.25, -0.2) is 4.98 Å². The lowest BCUT2D eigenvalue weighted by atomic mass is 9.98. The lowest BCUT2D eigenvalue weighted by Gasteiger charge is -2.36. The van der Waals surface area contributed by atoms with E-state index >= 15 is 0 Å². The van der Waals surface area contributed by atoms with Crippen LogP contribution in [0.3, 0.4) is 0 Å². The molecule has 2 aliphatic rings. The molecular formula is C19H29ClN4O. The zero-order valence-electron chi connectivity index (χ0n) is 15.2. The summed E-state index contributed by atoms with van der Waals surface area (Å²) >= 11 is 5.83. The van der Waals surface area contributed by atoms with Crippen LogP contribution in [0.25, 0.3) is 0 Å². The molecule has 3 rings (SSSR count). The van der Waals surface area contributed by atoms with Crippen molar-refractivity contribution < 1.29 is 4.79 Å². The molecule has 3 heterocycles. The smallest absolute Gasteiger partial charge is 0.222 e. The molecular weight excluding hydrogens is 336 g/mol. The molecule has 1 atom stereocenters. The average molecular weight is 365 g/mol. The monoisotopic (exact) mass is 364 g/mol. The van der Waals surface area contributed by atoms with Crippen molar-refractivity contribution in [2.24, 2.45) is 0 Å². The third-order valence-corrected chi connectivity index (χ3v) is 5.76. The number of carbonyl (C=O) groups is 1. The molecule has 2 aliphatic heterocycles. The third kappa shape index (κ3) is 5.40. The summed E-state index contributed by atoms with van der Waals surface area (Å²) in [6, 6.07) is 4.45. The van der Waals surface area contributed by atoms with Crippen LogP contribution in [0, 0.1) is 0 Å². The Labute approximate surface area is 155 Å². The first-order valence-corrected chi connectivity index (χ1v) is 9.80. The molecule has 1 aromatic heterocycles. The van der Waals surface area contributed by atoms with Crippen molar-refractivity contribution >= 4 is 17.5 Å². The number of likely N-dealkylation sites (tertiary alicyclic amines) is 1. The molecule has 1 amide bonds. The van der Waals surface area contributed by atoms with Gasteiger partial charge < -0.3 is 9.80 Å². The van der Waals surface area contributed by atoms with Crippen LogP contribution >= 0.6 is 11.6 Å². The molecule has 0 unspecified atom stereocenters. The van der Waals surface area contributed by atoms with Crippen molar-refractivity contribution in [3.05, 3.63) is 29.0 Å². The second-order valence-corrected chi connectivity index (χ2v) is 7.70. The summed E-state index contributed by atoms with van der Waals surface area (Å²) < 4.78 is 0. The minimum Gasteiger partial charge on any atom is -0.340 e. The van der Waals surface area contributed by atoms with E-state index in [1.807, 2.05) is 23.2 Å². The molecule has 2 saturated heterocycles. The predicted molar refractivity (Wildman–Crippen MR) is 101 cm³/mol. The van der Waals surface area contributed by atoms with Gasteiger partial charge in [0.15, 0.2) is 0 Å². The highest BCUT2D eigenvalue weighted by molar-refractivity contribution is 6.29. The SMILES string of the molecule is CN1CCCC[C@H]1CCC(=O)N1CCN(Cc2ccc(Cl)nc2)CC1. The standard InChI is InChI=1S/C19H29ClN4O/c1-22-9-3-2-4-17(22)6-8-19(25)24-12-10-23(11-13-24)15-16-5-7-18(20)21-14-16/h5,7,14,17H,2-4,6,8-13,15H2,1H3/t17-/m0/s1. The van der Waals surface area contributed by atoms with Gasteiger partial charge >= 0.3 is 0 Å². The first-order valence-electron chi connectivity index (χ1n) is 9.42. The van der Waals surface area contributed by atoms with Gasteiger partial charge in [0.25, 0.3) is 0 Å². The van der Waals surface area contributed by atoms with E-state index in [0.717, 1.165) is 39.1 Å². The van der Waals surface area contributed by atoms with Crippen LogP contribution in [0.2, 0.25) is 5.15 Å². The number of piperidine rings is 1. The van der Waals surface area contributed by atoms with Gasteiger partial charge in [-0.15, -0.1) is 0 Å². The van der Waals surface area contributed by atoms with Gasteiger partial charge in [0.05, 0.1) is 0 Å². The summed E-state index contributed by atoms with van der Waals surface area (Å²) in [5.74, 6) is 0.326. The average Bonchev–Trinajstić information content (AvgIpc) is 2.63. The molecule has 25 heavy (non-hydrogen) atoms. The van der Waals surface area contributed by atoms with E-state index in [4.69, 9.17) is 11.6 Å². The molecule has 5 nitrogen and oxygen atoms in total. The molecule has 2 fully saturated rings. The summed E-state index contributed by atoms with van der Waals surface area (Å²) in [6.07, 6.45) is 7.38. The van der Waals surface area contributed by atoms with Gasteiger partial charge in [0.1, 0.15) is 5.15 Å². The Morgan fingerprint density at radius 1 is 1.20 bits per heavy atom. The summed E-state index contributed by atoms with van der Waals surface area (Å²) in [4.78, 5) is 23.5. The Bertz CT molecular complexity index is 557. The van der Waals surface area contributed by atoms with Crippen LogP contribution in [-0.4, -0.2) is 71.4 Å². The molecule has 0 spiro atoms. The molecule has 0 aliphatic carbocycles. The van der Waals surface area contributed by atoms with Crippen LogP contribution in [-0.2, 0) is 11.3 Å². The number of amides is 1. The van der Waals surface area contributed by atoms with E-state index in [9.17, 15) is 4.79 Å². The number of halogens is 1. The van der Waals surface area contributed by atoms with Crippen LogP contribution < -0.4 is 0 Å². The Balaban J connectivity index is 1.39. The number of pyridine rings is 1. The van der Waals surface area contributed by atoms with Gasteiger partial charge in [-0.3, -0.25) is 9.69 Å². The molecule has 6 heteroatoms. The summed E-state index contributed by atoms with van der Waals surface area (Å²) in [6.45, 7) is 5.58. The Hall–Kier alpha value is -1.17. The van der Waals surface area contributed by atoms with Crippen molar-refractivity contribution in [3.63, 3.8) is 0 Å². The van der Waals surface area contributed by atoms with Gasteiger partial charge in [-0.1, -0.05) is 24.1 Å². The van der Waals surface area contributed by atoms with Crippen molar-refractivity contribution in [1.82, 2.24) is 19.7 Å². The number of carbonyl (C=O) groups excluding carboxylic acids is 1. The van der Waals surface area contributed by atoms with Gasteiger partial charge in [-0.2, -0.15) is 0 Å². The van der Waals surface area contributed by atoms with Crippen LogP contribution in [0.15, 0.2) is 18.3 Å². The molecule has 0 bridgehead atoms. The summed E-state index contributed by atoms with van der Waals surface area (Å²) in [5.41, 5.74) is 1.17. The van der Waals surface area contributed by atoms with Gasteiger partial charge in [0, 0.05) is 51.4 Å². The maximum absolute atomic E-state index is 12.5. The van der Waals surface area contributed by atoms with E-state index in [1.54, 1.807) is 0 Å². The van der Waals surface area contributed by atoms with Gasteiger partial charge in [-0.05, 0) is 44.5 Å². The number of nitrogens with zero attached hydrogens (tertiary/aromatic N) is 4. The Morgan fingerprint density at radius 2 is 2.00 bits per heavy atom. The number of rotatable bonds is 5. The normalized spacial score (nSPS) is 23.0. The van der Waals surface area contributed by atoms with Crippen molar-refractivity contribution in [2.75, 3.05) is 39.8 Å². The zero-order chi connectivity index (χ0) is 17.6. The molecule has 0 saturated carbocycles. The fourth-order valence-electron chi connectivity index (χ4n) is 3.87. The maximum atomic E-state index is 12.5.